The predicted octanol–water partition coefficient (Wildman–Crippen LogP) is 5.67. The fourth-order valence-corrected chi connectivity index (χ4v) is 4.08. The summed E-state index contributed by atoms with van der Waals surface area (Å²) in [6.07, 6.45) is 1.94. The predicted molar refractivity (Wildman–Crippen MR) is 139 cm³/mol. The zero-order valence-corrected chi connectivity index (χ0v) is 21.7. The topological polar surface area (TPSA) is 59.8 Å². The van der Waals surface area contributed by atoms with Gasteiger partial charge >= 0.3 is 0 Å². The monoisotopic (exact) mass is 477 g/mol. The molecule has 1 atom stereocenters. The molecule has 188 valence electrons. The Balaban J connectivity index is 1.61. The quantitative estimate of drug-likeness (QED) is 0.386. The highest BCUT2D eigenvalue weighted by atomic mass is 16.5. The molecule has 4 rings (SSSR count). The number of para-hydroxylation sites is 1. The van der Waals surface area contributed by atoms with Gasteiger partial charge in [-0.05, 0) is 77.6 Å². The summed E-state index contributed by atoms with van der Waals surface area (Å²) in [4.78, 5) is 2.33. The zero-order valence-electron chi connectivity index (χ0n) is 21.7. The summed E-state index contributed by atoms with van der Waals surface area (Å²) in [7, 11) is 0. The van der Waals surface area contributed by atoms with Crippen molar-refractivity contribution in [2.24, 2.45) is 5.92 Å². The van der Waals surface area contributed by atoms with Gasteiger partial charge in [-0.3, -0.25) is 4.90 Å². The van der Waals surface area contributed by atoms with E-state index in [1.165, 1.54) is 18.4 Å². The number of aryl methyl sites for hydroxylation is 2. The van der Waals surface area contributed by atoms with Gasteiger partial charge in [-0.1, -0.05) is 35.9 Å². The van der Waals surface area contributed by atoms with Gasteiger partial charge in [0.05, 0.1) is 35.3 Å². The van der Waals surface area contributed by atoms with Gasteiger partial charge in [0.1, 0.15) is 5.75 Å². The maximum atomic E-state index is 10.8. The van der Waals surface area contributed by atoms with Crippen molar-refractivity contribution in [3.8, 4) is 17.3 Å². The van der Waals surface area contributed by atoms with E-state index in [2.05, 4.69) is 24.0 Å². The lowest BCUT2D eigenvalue weighted by Crippen LogP contribution is -2.37. The summed E-state index contributed by atoms with van der Waals surface area (Å²) in [5, 5.41) is 15.6. The molecule has 1 unspecified atom stereocenters. The Hall–Kier alpha value is -2.67. The van der Waals surface area contributed by atoms with Crippen LogP contribution in [0.25, 0.3) is 5.69 Å². The van der Waals surface area contributed by atoms with Gasteiger partial charge in [-0.15, -0.1) is 0 Å². The Bertz CT molecular complexity index is 1080. The summed E-state index contributed by atoms with van der Waals surface area (Å²) in [5.41, 5.74) is 3.84. The number of aromatic nitrogens is 2. The van der Waals surface area contributed by atoms with Crippen molar-refractivity contribution in [2.45, 2.75) is 65.7 Å². The first-order valence-corrected chi connectivity index (χ1v) is 12.6. The van der Waals surface area contributed by atoms with E-state index in [-0.39, 0.29) is 5.60 Å². The van der Waals surface area contributed by atoms with E-state index in [0.29, 0.717) is 25.6 Å². The molecule has 35 heavy (non-hydrogen) atoms. The zero-order chi connectivity index (χ0) is 25.0. The molecule has 1 fully saturated rings. The van der Waals surface area contributed by atoms with Crippen molar-refractivity contribution in [1.29, 1.82) is 0 Å². The largest absolute Gasteiger partial charge is 0.439 e. The van der Waals surface area contributed by atoms with Gasteiger partial charge in [-0.2, -0.15) is 5.10 Å². The van der Waals surface area contributed by atoms with Gasteiger partial charge in [0.15, 0.2) is 0 Å². The Morgan fingerprint density at radius 3 is 2.37 bits per heavy atom. The van der Waals surface area contributed by atoms with Crippen LogP contribution in [0.3, 0.4) is 0 Å². The second-order valence-electron chi connectivity index (χ2n) is 10.7. The first kappa shape index (κ1) is 25.4. The van der Waals surface area contributed by atoms with Crippen LogP contribution in [0.4, 0.5) is 0 Å². The van der Waals surface area contributed by atoms with E-state index in [1.807, 2.05) is 74.8 Å². The molecule has 3 aromatic rings. The molecule has 1 saturated carbocycles. The Kier molecular flexibility index (Phi) is 7.95. The molecule has 6 nitrogen and oxygen atoms in total. The van der Waals surface area contributed by atoms with Gasteiger partial charge in [0.25, 0.3) is 0 Å². The summed E-state index contributed by atoms with van der Waals surface area (Å²) >= 11 is 0. The van der Waals surface area contributed by atoms with Crippen molar-refractivity contribution in [3.05, 3.63) is 71.4 Å². The molecule has 1 heterocycles. The minimum Gasteiger partial charge on any atom is -0.439 e. The van der Waals surface area contributed by atoms with Crippen LogP contribution < -0.4 is 4.74 Å². The molecule has 1 aliphatic rings. The highest BCUT2D eigenvalue weighted by Gasteiger charge is 2.28. The number of rotatable bonds is 11. The number of hydrogen-bond donors (Lipinski definition) is 1. The molecule has 0 aliphatic heterocycles. The first-order chi connectivity index (χ1) is 16.7. The van der Waals surface area contributed by atoms with Crippen LogP contribution in [0, 0.1) is 19.8 Å². The molecule has 6 heteroatoms. The lowest BCUT2D eigenvalue weighted by molar-refractivity contribution is -0.0569. The van der Waals surface area contributed by atoms with Crippen molar-refractivity contribution >= 4 is 0 Å². The van der Waals surface area contributed by atoms with Crippen molar-refractivity contribution in [2.75, 3.05) is 19.7 Å². The molecule has 1 aliphatic carbocycles. The highest BCUT2D eigenvalue weighted by molar-refractivity contribution is 5.43. The SMILES string of the molecule is Cc1ccc(Oc2c(CN(CC(O)COC(C)(C)C)CC3CC3)c(C)nn2-c2ccccc2)cc1. The molecular formula is C29H39N3O3. The average molecular weight is 478 g/mol. The van der Waals surface area contributed by atoms with Crippen molar-refractivity contribution in [3.63, 3.8) is 0 Å². The maximum Gasteiger partial charge on any atom is 0.227 e. The minimum absolute atomic E-state index is 0.273. The number of ether oxygens (including phenoxy) is 2. The Labute approximate surface area is 209 Å². The second-order valence-corrected chi connectivity index (χ2v) is 10.7. The van der Waals surface area contributed by atoms with Crippen LogP contribution in [0.1, 0.15) is 50.4 Å². The summed E-state index contributed by atoms with van der Waals surface area (Å²) in [5.74, 6) is 2.19. The summed E-state index contributed by atoms with van der Waals surface area (Å²) < 4.78 is 14.2. The molecule has 2 aromatic carbocycles. The van der Waals surface area contributed by atoms with Gasteiger partial charge < -0.3 is 14.6 Å². The minimum atomic E-state index is -0.557. The Morgan fingerprint density at radius 2 is 1.74 bits per heavy atom. The molecule has 1 N–H and O–H groups in total. The third kappa shape index (κ3) is 7.40. The Morgan fingerprint density at radius 1 is 1.06 bits per heavy atom. The van der Waals surface area contributed by atoms with Crippen molar-refractivity contribution < 1.29 is 14.6 Å². The van der Waals surface area contributed by atoms with E-state index >= 15 is 0 Å². The summed E-state index contributed by atoms with van der Waals surface area (Å²) in [6, 6.07) is 18.2. The van der Waals surface area contributed by atoms with Crippen LogP contribution in [0.5, 0.6) is 11.6 Å². The molecule has 0 saturated heterocycles. The second kappa shape index (κ2) is 10.9. The van der Waals surface area contributed by atoms with Crippen LogP contribution in [0.15, 0.2) is 54.6 Å². The highest BCUT2D eigenvalue weighted by Crippen LogP contribution is 2.34. The fourth-order valence-electron chi connectivity index (χ4n) is 4.08. The van der Waals surface area contributed by atoms with Crippen LogP contribution >= 0.6 is 0 Å². The van der Waals surface area contributed by atoms with E-state index in [0.717, 1.165) is 35.1 Å². The first-order valence-electron chi connectivity index (χ1n) is 12.6. The van der Waals surface area contributed by atoms with Crippen LogP contribution in [-0.4, -0.2) is 51.2 Å². The molecule has 0 bridgehead atoms. The maximum absolute atomic E-state index is 10.8. The number of nitrogens with zero attached hydrogens (tertiary/aromatic N) is 3. The van der Waals surface area contributed by atoms with Gasteiger partial charge in [0, 0.05) is 19.6 Å². The van der Waals surface area contributed by atoms with E-state index in [9.17, 15) is 5.11 Å². The third-order valence-electron chi connectivity index (χ3n) is 6.15. The smallest absolute Gasteiger partial charge is 0.227 e. The third-order valence-corrected chi connectivity index (χ3v) is 6.15. The van der Waals surface area contributed by atoms with Gasteiger partial charge in [0.2, 0.25) is 5.88 Å². The van der Waals surface area contributed by atoms with E-state index in [1.54, 1.807) is 0 Å². The molecular weight excluding hydrogens is 438 g/mol. The number of hydrogen-bond acceptors (Lipinski definition) is 5. The van der Waals surface area contributed by atoms with Gasteiger partial charge in [-0.25, -0.2) is 4.68 Å². The van der Waals surface area contributed by atoms with Crippen molar-refractivity contribution in [1.82, 2.24) is 14.7 Å². The van der Waals surface area contributed by atoms with Crippen LogP contribution in [-0.2, 0) is 11.3 Å². The van der Waals surface area contributed by atoms with E-state index in [4.69, 9.17) is 14.6 Å². The number of aliphatic hydroxyl groups excluding tert-OH is 1. The van der Waals surface area contributed by atoms with Crippen LogP contribution in [0.2, 0.25) is 0 Å². The molecule has 0 spiro atoms. The lowest BCUT2D eigenvalue weighted by Gasteiger charge is -2.27. The van der Waals surface area contributed by atoms with E-state index < -0.39 is 6.10 Å². The lowest BCUT2D eigenvalue weighted by atomic mass is 10.2. The number of aliphatic hydroxyl groups is 1. The number of benzene rings is 2. The normalized spacial score (nSPS) is 14.9. The molecule has 0 radical (unpaired) electrons. The average Bonchev–Trinajstić information content (AvgIpc) is 3.58. The summed E-state index contributed by atoms with van der Waals surface area (Å²) in [6.45, 7) is 12.6. The molecule has 1 aromatic heterocycles. The fraction of sp³-hybridized carbons (Fsp3) is 0.483. The molecule has 0 amide bonds. The standard InChI is InChI=1S/C29H39N3O3/c1-21-11-15-26(16-12-21)35-28-27(22(2)30-32(28)24-9-7-6-8-10-24)19-31(17-23-13-14-23)18-25(33)20-34-29(3,4)5/h6-12,15-16,23,25,33H,13-14,17-20H2,1-5H3.